The molecule has 0 aliphatic carbocycles. The number of hydrogen-bond donors (Lipinski definition) is 1. The molecule has 1 fully saturated rings. The molecule has 3 heteroatoms. The Morgan fingerprint density at radius 1 is 1.28 bits per heavy atom. The number of hydrogen-bond acceptors (Lipinski definition) is 3. The zero-order valence-electron chi connectivity index (χ0n) is 11.8. The van der Waals surface area contributed by atoms with E-state index in [1.165, 1.54) is 23.2 Å². The maximum Gasteiger partial charge on any atom is 0.0399 e. The SMILES string of the molecule is Cc1cccc(N2CCCN(C)C(CN)C2)c1C. The van der Waals surface area contributed by atoms with Gasteiger partial charge >= 0.3 is 0 Å². The Hall–Kier alpha value is -1.06. The van der Waals surface area contributed by atoms with Crippen LogP contribution in [-0.4, -0.2) is 44.2 Å². The molecule has 0 amide bonds. The lowest BCUT2D eigenvalue weighted by molar-refractivity contribution is 0.266. The molecule has 1 aromatic rings. The van der Waals surface area contributed by atoms with E-state index < -0.39 is 0 Å². The lowest BCUT2D eigenvalue weighted by atomic mass is 10.1. The van der Waals surface area contributed by atoms with Gasteiger partial charge in [-0.05, 0) is 51.1 Å². The van der Waals surface area contributed by atoms with Gasteiger partial charge in [0.1, 0.15) is 0 Å². The molecular formula is C15H25N3. The number of likely N-dealkylation sites (N-methyl/N-ethyl adjacent to an activating group) is 1. The van der Waals surface area contributed by atoms with Gasteiger partial charge in [-0.1, -0.05) is 12.1 Å². The molecule has 0 aromatic heterocycles. The van der Waals surface area contributed by atoms with Gasteiger partial charge in [0.25, 0.3) is 0 Å². The number of benzene rings is 1. The van der Waals surface area contributed by atoms with E-state index in [1.807, 2.05) is 0 Å². The molecule has 1 heterocycles. The van der Waals surface area contributed by atoms with E-state index in [4.69, 9.17) is 5.73 Å². The number of anilines is 1. The van der Waals surface area contributed by atoms with Crippen molar-refractivity contribution in [3.05, 3.63) is 29.3 Å². The summed E-state index contributed by atoms with van der Waals surface area (Å²) in [6.07, 6.45) is 1.21. The normalized spacial score (nSPS) is 22.0. The van der Waals surface area contributed by atoms with Crippen LogP contribution in [0, 0.1) is 13.8 Å². The van der Waals surface area contributed by atoms with Crippen LogP contribution in [0.5, 0.6) is 0 Å². The summed E-state index contributed by atoms with van der Waals surface area (Å²) in [7, 11) is 2.18. The average Bonchev–Trinajstić information content (AvgIpc) is 2.54. The number of aryl methyl sites for hydroxylation is 1. The molecule has 1 unspecified atom stereocenters. The van der Waals surface area contributed by atoms with Crippen LogP contribution in [0.1, 0.15) is 17.5 Å². The van der Waals surface area contributed by atoms with Gasteiger partial charge in [0, 0.05) is 31.4 Å². The molecule has 0 radical (unpaired) electrons. The highest BCUT2D eigenvalue weighted by Crippen LogP contribution is 2.24. The number of nitrogens with two attached hydrogens (primary N) is 1. The summed E-state index contributed by atoms with van der Waals surface area (Å²) in [5, 5.41) is 0. The predicted octanol–water partition coefficient (Wildman–Crippen LogP) is 1.77. The third kappa shape index (κ3) is 2.68. The van der Waals surface area contributed by atoms with E-state index in [0.717, 1.165) is 26.2 Å². The van der Waals surface area contributed by atoms with Crippen molar-refractivity contribution < 1.29 is 0 Å². The maximum absolute atomic E-state index is 5.90. The van der Waals surface area contributed by atoms with E-state index in [9.17, 15) is 0 Å². The molecule has 0 spiro atoms. The Kier molecular flexibility index (Phi) is 4.25. The molecule has 1 aromatic carbocycles. The fraction of sp³-hybridized carbons (Fsp3) is 0.600. The van der Waals surface area contributed by atoms with Crippen molar-refractivity contribution in [2.24, 2.45) is 5.73 Å². The van der Waals surface area contributed by atoms with Crippen LogP contribution in [0.15, 0.2) is 18.2 Å². The second-order valence-corrected chi connectivity index (χ2v) is 5.39. The average molecular weight is 247 g/mol. The maximum atomic E-state index is 5.90. The van der Waals surface area contributed by atoms with Gasteiger partial charge < -0.3 is 15.5 Å². The van der Waals surface area contributed by atoms with E-state index in [2.05, 4.69) is 48.9 Å². The molecule has 1 atom stereocenters. The van der Waals surface area contributed by atoms with Gasteiger partial charge in [-0.15, -0.1) is 0 Å². The Morgan fingerprint density at radius 2 is 2.06 bits per heavy atom. The standard InChI is InChI=1S/C15H25N3/c1-12-6-4-7-15(13(12)2)18-9-5-8-17(3)14(10-16)11-18/h4,6-7,14H,5,8-11,16H2,1-3H3. The summed E-state index contributed by atoms with van der Waals surface area (Å²) < 4.78 is 0. The fourth-order valence-corrected chi connectivity index (χ4v) is 2.73. The van der Waals surface area contributed by atoms with E-state index in [-0.39, 0.29) is 0 Å². The molecule has 2 N–H and O–H groups in total. The zero-order valence-corrected chi connectivity index (χ0v) is 11.8. The molecule has 3 nitrogen and oxygen atoms in total. The second-order valence-electron chi connectivity index (χ2n) is 5.39. The summed E-state index contributed by atoms with van der Waals surface area (Å²) in [6, 6.07) is 7.04. The topological polar surface area (TPSA) is 32.5 Å². The molecule has 1 saturated heterocycles. The van der Waals surface area contributed by atoms with E-state index in [1.54, 1.807) is 0 Å². The van der Waals surface area contributed by atoms with Crippen LogP contribution < -0.4 is 10.6 Å². The molecule has 1 aliphatic heterocycles. The molecule has 100 valence electrons. The Morgan fingerprint density at radius 3 is 2.78 bits per heavy atom. The first-order valence-electron chi connectivity index (χ1n) is 6.85. The first kappa shape index (κ1) is 13.4. The van der Waals surface area contributed by atoms with Gasteiger partial charge in [0.05, 0.1) is 0 Å². The first-order valence-corrected chi connectivity index (χ1v) is 6.85. The van der Waals surface area contributed by atoms with Gasteiger partial charge in [0.15, 0.2) is 0 Å². The van der Waals surface area contributed by atoms with Crippen LogP contribution in [0.3, 0.4) is 0 Å². The smallest absolute Gasteiger partial charge is 0.0399 e. The molecule has 2 rings (SSSR count). The highest BCUT2D eigenvalue weighted by atomic mass is 15.2. The summed E-state index contributed by atoms with van der Waals surface area (Å²) in [5.74, 6) is 0. The van der Waals surface area contributed by atoms with E-state index >= 15 is 0 Å². The van der Waals surface area contributed by atoms with Crippen molar-refractivity contribution in [1.29, 1.82) is 0 Å². The quantitative estimate of drug-likeness (QED) is 0.864. The molecule has 18 heavy (non-hydrogen) atoms. The minimum Gasteiger partial charge on any atom is -0.370 e. The van der Waals surface area contributed by atoms with Gasteiger partial charge in [-0.2, -0.15) is 0 Å². The van der Waals surface area contributed by atoms with Crippen LogP contribution in [0.4, 0.5) is 5.69 Å². The van der Waals surface area contributed by atoms with Crippen molar-refractivity contribution in [3.8, 4) is 0 Å². The predicted molar refractivity (Wildman–Crippen MR) is 78.2 cm³/mol. The van der Waals surface area contributed by atoms with E-state index in [0.29, 0.717) is 6.04 Å². The summed E-state index contributed by atoms with van der Waals surface area (Å²) in [5.41, 5.74) is 10.1. The minimum atomic E-state index is 0.465. The van der Waals surface area contributed by atoms with Crippen molar-refractivity contribution >= 4 is 5.69 Å². The highest BCUT2D eigenvalue weighted by Gasteiger charge is 2.22. The lowest BCUT2D eigenvalue weighted by Crippen LogP contribution is -2.44. The van der Waals surface area contributed by atoms with Crippen LogP contribution >= 0.6 is 0 Å². The summed E-state index contributed by atoms with van der Waals surface area (Å²) in [4.78, 5) is 4.90. The monoisotopic (exact) mass is 247 g/mol. The molecule has 1 aliphatic rings. The second kappa shape index (κ2) is 5.72. The Labute approximate surface area is 111 Å². The van der Waals surface area contributed by atoms with Crippen LogP contribution in [0.25, 0.3) is 0 Å². The van der Waals surface area contributed by atoms with Crippen LogP contribution in [-0.2, 0) is 0 Å². The van der Waals surface area contributed by atoms with Crippen molar-refractivity contribution in [1.82, 2.24) is 4.90 Å². The largest absolute Gasteiger partial charge is 0.370 e. The third-order valence-electron chi connectivity index (χ3n) is 4.18. The number of nitrogens with zero attached hydrogens (tertiary/aromatic N) is 2. The summed E-state index contributed by atoms with van der Waals surface area (Å²) in [6.45, 7) is 8.45. The Balaban J connectivity index is 2.24. The van der Waals surface area contributed by atoms with Crippen LogP contribution in [0.2, 0.25) is 0 Å². The molecule has 0 bridgehead atoms. The van der Waals surface area contributed by atoms with Crippen molar-refractivity contribution in [2.75, 3.05) is 38.1 Å². The Bertz CT molecular complexity index is 403. The highest BCUT2D eigenvalue weighted by molar-refractivity contribution is 5.56. The lowest BCUT2D eigenvalue weighted by Gasteiger charge is -2.30. The fourth-order valence-electron chi connectivity index (χ4n) is 2.73. The first-order chi connectivity index (χ1) is 8.63. The van der Waals surface area contributed by atoms with Gasteiger partial charge in [-0.25, -0.2) is 0 Å². The molecule has 0 saturated carbocycles. The van der Waals surface area contributed by atoms with Crippen molar-refractivity contribution in [2.45, 2.75) is 26.3 Å². The van der Waals surface area contributed by atoms with Crippen molar-refractivity contribution in [3.63, 3.8) is 0 Å². The number of rotatable bonds is 2. The minimum absolute atomic E-state index is 0.465. The third-order valence-corrected chi connectivity index (χ3v) is 4.18. The van der Waals surface area contributed by atoms with Gasteiger partial charge in [-0.3, -0.25) is 0 Å². The molecular weight excluding hydrogens is 222 g/mol. The zero-order chi connectivity index (χ0) is 13.1. The summed E-state index contributed by atoms with van der Waals surface area (Å²) >= 11 is 0. The van der Waals surface area contributed by atoms with Gasteiger partial charge in [0.2, 0.25) is 0 Å².